The van der Waals surface area contributed by atoms with Crippen LogP contribution in [0.3, 0.4) is 0 Å². The standard InChI is InChI=1S/C18H19N7O3.CO2/c19-18-24-15-14(17(28)25-18)23-13(10-22-15)9-21-12-5-3-11(4-6-12)16(27)20-7-1-2-8-26;2-1-3/h3-6,8,10,21H,1-2,7,9H2,(H,20,27)(H3,19,22,24,25,28);. The minimum absolute atomic E-state index is 0.00876. The molecule has 3 rings (SSSR count). The third-order valence-electron chi connectivity index (χ3n) is 3.89. The van der Waals surface area contributed by atoms with Gasteiger partial charge in [0.2, 0.25) is 5.95 Å². The first-order valence-electron chi connectivity index (χ1n) is 9.05. The molecular weight excluding hydrogens is 406 g/mol. The zero-order chi connectivity index (χ0) is 22.6. The van der Waals surface area contributed by atoms with Gasteiger partial charge in [0.25, 0.3) is 11.5 Å². The highest BCUT2D eigenvalue weighted by molar-refractivity contribution is 5.94. The van der Waals surface area contributed by atoms with E-state index in [2.05, 4.69) is 30.6 Å². The van der Waals surface area contributed by atoms with Crippen molar-refractivity contribution >= 4 is 41.1 Å². The number of hydrogen-bond donors (Lipinski definition) is 4. The molecule has 0 aliphatic carbocycles. The molecule has 0 fully saturated rings. The van der Waals surface area contributed by atoms with Crippen molar-refractivity contribution < 1.29 is 19.2 Å². The molecule has 160 valence electrons. The van der Waals surface area contributed by atoms with Gasteiger partial charge in [-0.25, -0.2) is 9.97 Å². The highest BCUT2D eigenvalue weighted by atomic mass is 16.2. The Bertz CT molecular complexity index is 1140. The Morgan fingerprint density at radius 2 is 1.90 bits per heavy atom. The number of aromatic amines is 1. The summed E-state index contributed by atoms with van der Waals surface area (Å²) in [5.74, 6) is -0.200. The molecule has 0 aliphatic heterocycles. The maximum absolute atomic E-state index is 12.0. The van der Waals surface area contributed by atoms with E-state index in [-0.39, 0.29) is 29.2 Å². The first kappa shape index (κ1) is 22.8. The highest BCUT2D eigenvalue weighted by Crippen LogP contribution is 2.11. The van der Waals surface area contributed by atoms with Gasteiger partial charge in [-0.3, -0.25) is 14.6 Å². The third kappa shape index (κ3) is 6.84. The topological polar surface area (TPSA) is 190 Å². The summed E-state index contributed by atoms with van der Waals surface area (Å²) in [6.07, 6.45) is 3.64. The monoisotopic (exact) mass is 425 g/mol. The lowest BCUT2D eigenvalue weighted by Crippen LogP contribution is -2.24. The van der Waals surface area contributed by atoms with Gasteiger partial charge in [-0.1, -0.05) is 0 Å². The number of nitrogens with two attached hydrogens (primary N) is 1. The number of H-pyrrole nitrogens is 1. The molecule has 0 spiro atoms. The first-order chi connectivity index (χ1) is 15.0. The molecule has 0 saturated carbocycles. The Balaban J connectivity index is 0.00000107. The van der Waals surface area contributed by atoms with Crippen molar-refractivity contribution in [2.24, 2.45) is 0 Å². The zero-order valence-corrected chi connectivity index (χ0v) is 16.3. The van der Waals surface area contributed by atoms with E-state index in [9.17, 15) is 14.4 Å². The van der Waals surface area contributed by atoms with Gasteiger partial charge in [0.15, 0.2) is 11.2 Å². The number of rotatable bonds is 8. The lowest BCUT2D eigenvalue weighted by atomic mass is 10.2. The third-order valence-corrected chi connectivity index (χ3v) is 3.89. The van der Waals surface area contributed by atoms with E-state index >= 15 is 0 Å². The molecule has 1 aromatic carbocycles. The molecule has 3 aromatic rings. The first-order valence-corrected chi connectivity index (χ1v) is 9.05. The fourth-order valence-corrected chi connectivity index (χ4v) is 2.48. The number of unbranched alkanes of at least 4 members (excludes halogenated alkanes) is 1. The number of carbonyl (C=O) groups is 2. The number of hydrogen-bond acceptors (Lipinski definition) is 10. The van der Waals surface area contributed by atoms with Gasteiger partial charge >= 0.3 is 6.15 Å². The predicted molar refractivity (Wildman–Crippen MR) is 109 cm³/mol. The minimum atomic E-state index is -0.444. The van der Waals surface area contributed by atoms with E-state index in [4.69, 9.17) is 15.3 Å². The molecule has 0 saturated heterocycles. The zero-order valence-electron chi connectivity index (χ0n) is 16.3. The summed E-state index contributed by atoms with van der Waals surface area (Å²) in [4.78, 5) is 65.1. The number of benzene rings is 1. The van der Waals surface area contributed by atoms with E-state index in [1.165, 1.54) is 6.20 Å². The minimum Gasteiger partial charge on any atom is -0.379 e. The molecule has 2 aromatic heterocycles. The second-order valence-corrected chi connectivity index (χ2v) is 6.06. The van der Waals surface area contributed by atoms with Gasteiger partial charge < -0.3 is 21.2 Å². The number of nitrogens with one attached hydrogen (secondary N) is 3. The second-order valence-electron chi connectivity index (χ2n) is 6.06. The van der Waals surface area contributed by atoms with E-state index in [1.54, 1.807) is 24.3 Å². The second kappa shape index (κ2) is 11.5. The number of nitrogens with zero attached hydrogens (tertiary/aromatic N) is 3. The Morgan fingerprint density at radius 3 is 2.58 bits per heavy atom. The van der Waals surface area contributed by atoms with Crippen LogP contribution in [0.15, 0.2) is 35.3 Å². The Hall–Kier alpha value is -4.44. The van der Waals surface area contributed by atoms with Crippen LogP contribution in [0.25, 0.3) is 11.2 Å². The summed E-state index contributed by atoms with van der Waals surface area (Å²) in [6.45, 7) is 0.793. The van der Waals surface area contributed by atoms with Crippen LogP contribution in [0, 0.1) is 0 Å². The van der Waals surface area contributed by atoms with Gasteiger partial charge in [0.05, 0.1) is 18.4 Å². The normalized spacial score (nSPS) is 9.81. The van der Waals surface area contributed by atoms with Crippen molar-refractivity contribution in [2.75, 3.05) is 17.6 Å². The fraction of sp³-hybridized carbons (Fsp3) is 0.211. The summed E-state index contributed by atoms with van der Waals surface area (Å²) in [6, 6.07) is 6.93. The summed E-state index contributed by atoms with van der Waals surface area (Å²) in [5.41, 5.74) is 7.21. The predicted octanol–water partition coefficient (Wildman–Crippen LogP) is 0.0328. The highest BCUT2D eigenvalue weighted by Gasteiger charge is 2.07. The summed E-state index contributed by atoms with van der Waals surface area (Å²) >= 11 is 0. The van der Waals surface area contributed by atoms with Gasteiger partial charge in [0, 0.05) is 24.2 Å². The van der Waals surface area contributed by atoms with Crippen LogP contribution in [-0.4, -0.2) is 44.8 Å². The Labute approximate surface area is 175 Å². The average molecular weight is 425 g/mol. The molecule has 31 heavy (non-hydrogen) atoms. The summed E-state index contributed by atoms with van der Waals surface area (Å²) in [5, 5.41) is 5.91. The SMILES string of the molecule is Nc1nc2ncc(CNc3ccc(C(=O)NCCCC=O)cc3)nc2c(=O)[nH]1.O=C=O. The molecule has 0 aliphatic rings. The number of aromatic nitrogens is 4. The van der Waals surface area contributed by atoms with Crippen LogP contribution in [0.2, 0.25) is 0 Å². The fourth-order valence-electron chi connectivity index (χ4n) is 2.48. The van der Waals surface area contributed by atoms with Crippen molar-refractivity contribution in [1.29, 1.82) is 0 Å². The van der Waals surface area contributed by atoms with E-state index in [0.717, 1.165) is 12.0 Å². The Morgan fingerprint density at radius 1 is 1.19 bits per heavy atom. The van der Waals surface area contributed by atoms with E-state index < -0.39 is 5.56 Å². The van der Waals surface area contributed by atoms with Gasteiger partial charge in [-0.05, 0) is 30.7 Å². The quantitative estimate of drug-likeness (QED) is 0.283. The van der Waals surface area contributed by atoms with E-state index in [0.29, 0.717) is 37.2 Å². The van der Waals surface area contributed by atoms with Crippen LogP contribution >= 0.6 is 0 Å². The molecule has 5 N–H and O–H groups in total. The number of amides is 1. The maximum Gasteiger partial charge on any atom is 0.373 e. The lowest BCUT2D eigenvalue weighted by Gasteiger charge is -2.08. The number of fused-ring (bicyclic) bond motifs is 1. The number of aldehydes is 1. The molecule has 0 unspecified atom stereocenters. The molecule has 12 nitrogen and oxygen atoms in total. The van der Waals surface area contributed by atoms with E-state index in [1.807, 2.05) is 0 Å². The molecule has 0 bridgehead atoms. The van der Waals surface area contributed by atoms with Crippen LogP contribution in [0.1, 0.15) is 28.9 Å². The van der Waals surface area contributed by atoms with Crippen LogP contribution in [-0.2, 0) is 20.9 Å². The lowest BCUT2D eigenvalue weighted by molar-refractivity contribution is -0.191. The molecular formula is C19H19N7O5. The van der Waals surface area contributed by atoms with Crippen LogP contribution < -0.4 is 21.9 Å². The Kier molecular flexibility index (Phi) is 8.50. The van der Waals surface area contributed by atoms with Crippen LogP contribution in [0.4, 0.5) is 11.6 Å². The maximum atomic E-state index is 12.0. The molecule has 0 radical (unpaired) electrons. The number of nitrogen functional groups attached to an aromatic ring is 1. The average Bonchev–Trinajstić information content (AvgIpc) is 2.76. The largest absolute Gasteiger partial charge is 0.379 e. The van der Waals surface area contributed by atoms with Gasteiger partial charge in [-0.15, -0.1) is 0 Å². The van der Waals surface area contributed by atoms with Crippen molar-refractivity contribution in [1.82, 2.24) is 25.3 Å². The van der Waals surface area contributed by atoms with Gasteiger partial charge in [0.1, 0.15) is 6.29 Å². The molecule has 0 atom stereocenters. The van der Waals surface area contributed by atoms with Crippen molar-refractivity contribution in [2.45, 2.75) is 19.4 Å². The molecule has 2 heterocycles. The van der Waals surface area contributed by atoms with Crippen molar-refractivity contribution in [3.8, 4) is 0 Å². The van der Waals surface area contributed by atoms with Crippen LogP contribution in [0.5, 0.6) is 0 Å². The van der Waals surface area contributed by atoms with Gasteiger partial charge in [-0.2, -0.15) is 14.6 Å². The smallest absolute Gasteiger partial charge is 0.373 e. The number of anilines is 2. The number of carbonyl (C=O) groups excluding carboxylic acids is 4. The molecule has 12 heteroatoms. The molecule has 1 amide bonds. The summed E-state index contributed by atoms with van der Waals surface area (Å²) in [7, 11) is 0. The summed E-state index contributed by atoms with van der Waals surface area (Å²) < 4.78 is 0. The van der Waals surface area contributed by atoms with Crippen molar-refractivity contribution in [3.05, 3.63) is 52.1 Å². The van der Waals surface area contributed by atoms with Crippen molar-refractivity contribution in [3.63, 3.8) is 0 Å².